The van der Waals surface area contributed by atoms with Gasteiger partial charge in [-0.1, -0.05) is 37.3 Å². The summed E-state index contributed by atoms with van der Waals surface area (Å²) in [5.41, 5.74) is 3.30. The van der Waals surface area contributed by atoms with Gasteiger partial charge in [-0.25, -0.2) is 5.43 Å². The summed E-state index contributed by atoms with van der Waals surface area (Å²) >= 11 is 0. The van der Waals surface area contributed by atoms with Gasteiger partial charge in [-0.15, -0.1) is 5.10 Å². The molecule has 0 unspecified atom stereocenters. The van der Waals surface area contributed by atoms with Crippen LogP contribution in [-0.2, 0) is 9.53 Å². The molecule has 78 valence electrons. The Labute approximate surface area is 87.9 Å². The Balaban J connectivity index is 2.23. The van der Waals surface area contributed by atoms with Crippen molar-refractivity contribution >= 4 is 11.8 Å². The molecule has 0 aromatic heterocycles. The summed E-state index contributed by atoms with van der Waals surface area (Å²) in [5.74, 6) is 0.335. The van der Waals surface area contributed by atoms with E-state index in [0.717, 1.165) is 5.56 Å². The standard InChI is InChI=1S/C11H12N2O2/c1-2-9-12-13-11(14)10(15-9)8-6-4-3-5-7-8/h3-7,10H,2H2,1H3,(H,13,14)/t10-/m0/s1. The first-order chi connectivity index (χ1) is 7.31. The third kappa shape index (κ3) is 1.98. The second-order valence-electron chi connectivity index (χ2n) is 3.24. The van der Waals surface area contributed by atoms with Crippen LogP contribution in [0.4, 0.5) is 0 Å². The largest absolute Gasteiger partial charge is 0.461 e. The van der Waals surface area contributed by atoms with Gasteiger partial charge in [-0.05, 0) is 0 Å². The van der Waals surface area contributed by atoms with Gasteiger partial charge in [0.2, 0.25) is 12.0 Å². The van der Waals surface area contributed by atoms with Gasteiger partial charge < -0.3 is 4.74 Å². The molecule has 0 aliphatic carbocycles. The number of carbonyl (C=O) groups excluding carboxylic acids is 1. The van der Waals surface area contributed by atoms with Crippen molar-refractivity contribution in [2.45, 2.75) is 19.4 Å². The Bertz CT molecular complexity index is 387. The Morgan fingerprint density at radius 3 is 2.80 bits per heavy atom. The van der Waals surface area contributed by atoms with E-state index < -0.39 is 6.10 Å². The zero-order valence-corrected chi connectivity index (χ0v) is 8.43. The van der Waals surface area contributed by atoms with Crippen LogP contribution in [0.2, 0.25) is 0 Å². The van der Waals surface area contributed by atoms with Crippen molar-refractivity contribution in [1.29, 1.82) is 0 Å². The highest BCUT2D eigenvalue weighted by Gasteiger charge is 2.26. The molecule has 1 aromatic carbocycles. The lowest BCUT2D eigenvalue weighted by atomic mass is 10.1. The van der Waals surface area contributed by atoms with E-state index in [1.54, 1.807) is 0 Å². The summed E-state index contributed by atoms with van der Waals surface area (Å²) in [6, 6.07) is 9.39. The second kappa shape index (κ2) is 4.13. The Hall–Kier alpha value is -1.84. The Kier molecular flexibility index (Phi) is 2.67. The zero-order valence-electron chi connectivity index (χ0n) is 8.43. The normalized spacial score (nSPS) is 20.2. The predicted octanol–water partition coefficient (Wildman–Crippen LogP) is 1.60. The maximum absolute atomic E-state index is 11.5. The number of hydrazone groups is 1. The zero-order chi connectivity index (χ0) is 10.7. The highest BCUT2D eigenvalue weighted by molar-refractivity contribution is 5.90. The van der Waals surface area contributed by atoms with Crippen molar-refractivity contribution in [2.24, 2.45) is 5.10 Å². The summed E-state index contributed by atoms with van der Waals surface area (Å²) in [7, 11) is 0. The van der Waals surface area contributed by atoms with Gasteiger partial charge in [-0.3, -0.25) is 4.79 Å². The number of rotatable bonds is 2. The number of nitrogens with one attached hydrogen (secondary N) is 1. The molecule has 2 rings (SSSR count). The van der Waals surface area contributed by atoms with Gasteiger partial charge in [0, 0.05) is 12.0 Å². The average Bonchev–Trinajstić information content (AvgIpc) is 2.31. The molecule has 1 N–H and O–H groups in total. The van der Waals surface area contributed by atoms with Crippen molar-refractivity contribution in [2.75, 3.05) is 0 Å². The first-order valence-corrected chi connectivity index (χ1v) is 4.89. The summed E-state index contributed by atoms with van der Waals surface area (Å²) < 4.78 is 5.47. The van der Waals surface area contributed by atoms with Crippen molar-refractivity contribution < 1.29 is 9.53 Å². The smallest absolute Gasteiger partial charge is 0.285 e. The number of benzene rings is 1. The van der Waals surface area contributed by atoms with Crippen LogP contribution in [0.3, 0.4) is 0 Å². The molecule has 0 spiro atoms. The number of hydrogen-bond acceptors (Lipinski definition) is 3. The van der Waals surface area contributed by atoms with Crippen LogP contribution >= 0.6 is 0 Å². The quantitative estimate of drug-likeness (QED) is 0.795. The van der Waals surface area contributed by atoms with Crippen molar-refractivity contribution in [3.63, 3.8) is 0 Å². The molecule has 1 aliphatic rings. The molecule has 0 bridgehead atoms. The minimum Gasteiger partial charge on any atom is -0.461 e. The average molecular weight is 204 g/mol. The lowest BCUT2D eigenvalue weighted by Gasteiger charge is -2.22. The minimum atomic E-state index is -0.571. The van der Waals surface area contributed by atoms with Crippen LogP contribution in [0.5, 0.6) is 0 Å². The number of carbonyl (C=O) groups is 1. The number of nitrogens with zero attached hydrogens (tertiary/aromatic N) is 1. The fraction of sp³-hybridized carbons (Fsp3) is 0.273. The molecule has 4 nitrogen and oxygen atoms in total. The molecule has 1 amide bonds. The van der Waals surface area contributed by atoms with E-state index in [2.05, 4.69) is 10.5 Å². The molecule has 1 aliphatic heterocycles. The highest BCUT2D eigenvalue weighted by Crippen LogP contribution is 2.20. The molecular weight excluding hydrogens is 192 g/mol. The molecular formula is C11H12N2O2. The SMILES string of the molecule is CCC1=NNC(=O)[C@H](c2ccccc2)O1. The lowest BCUT2D eigenvalue weighted by Crippen LogP contribution is -2.34. The maximum atomic E-state index is 11.5. The second-order valence-corrected chi connectivity index (χ2v) is 3.24. The molecule has 0 saturated heterocycles. The van der Waals surface area contributed by atoms with E-state index >= 15 is 0 Å². The van der Waals surface area contributed by atoms with Gasteiger partial charge >= 0.3 is 0 Å². The van der Waals surface area contributed by atoms with Gasteiger partial charge in [0.1, 0.15) is 0 Å². The maximum Gasteiger partial charge on any atom is 0.285 e. The summed E-state index contributed by atoms with van der Waals surface area (Å²) in [5, 5.41) is 3.80. The molecule has 1 aromatic rings. The van der Waals surface area contributed by atoms with Crippen molar-refractivity contribution in [3.05, 3.63) is 35.9 Å². The van der Waals surface area contributed by atoms with E-state index in [-0.39, 0.29) is 5.91 Å². The molecule has 1 heterocycles. The topological polar surface area (TPSA) is 50.7 Å². The Morgan fingerprint density at radius 2 is 2.13 bits per heavy atom. The number of hydrogen-bond donors (Lipinski definition) is 1. The first kappa shape index (κ1) is 9.71. The van der Waals surface area contributed by atoms with Crippen LogP contribution < -0.4 is 5.43 Å². The van der Waals surface area contributed by atoms with Crippen LogP contribution in [0.25, 0.3) is 0 Å². The van der Waals surface area contributed by atoms with Gasteiger partial charge in [0.15, 0.2) is 0 Å². The van der Waals surface area contributed by atoms with Crippen molar-refractivity contribution in [3.8, 4) is 0 Å². The van der Waals surface area contributed by atoms with Crippen molar-refractivity contribution in [1.82, 2.24) is 5.43 Å². The first-order valence-electron chi connectivity index (χ1n) is 4.89. The third-order valence-electron chi connectivity index (χ3n) is 2.19. The third-order valence-corrected chi connectivity index (χ3v) is 2.19. The van der Waals surface area contributed by atoms with E-state index in [9.17, 15) is 4.79 Å². The van der Waals surface area contributed by atoms with Gasteiger partial charge in [-0.2, -0.15) is 0 Å². The van der Waals surface area contributed by atoms with Crippen LogP contribution in [0.15, 0.2) is 35.4 Å². The minimum absolute atomic E-state index is 0.224. The van der Waals surface area contributed by atoms with E-state index in [1.807, 2.05) is 37.3 Å². The summed E-state index contributed by atoms with van der Waals surface area (Å²) in [4.78, 5) is 11.5. The molecule has 4 heteroatoms. The molecule has 0 fully saturated rings. The lowest BCUT2D eigenvalue weighted by molar-refractivity contribution is -0.130. The molecule has 1 atom stereocenters. The molecule has 15 heavy (non-hydrogen) atoms. The molecule has 0 saturated carbocycles. The monoisotopic (exact) mass is 204 g/mol. The summed E-state index contributed by atoms with van der Waals surface area (Å²) in [6.07, 6.45) is 0.0996. The highest BCUT2D eigenvalue weighted by atomic mass is 16.5. The van der Waals surface area contributed by atoms with Gasteiger partial charge in [0.05, 0.1) is 0 Å². The summed E-state index contributed by atoms with van der Waals surface area (Å²) in [6.45, 7) is 1.93. The van der Waals surface area contributed by atoms with Crippen LogP contribution in [-0.4, -0.2) is 11.8 Å². The number of ether oxygens (including phenoxy) is 1. The van der Waals surface area contributed by atoms with E-state index in [1.165, 1.54) is 0 Å². The Morgan fingerprint density at radius 1 is 1.40 bits per heavy atom. The van der Waals surface area contributed by atoms with Crippen LogP contribution in [0, 0.1) is 0 Å². The molecule has 0 radical (unpaired) electrons. The van der Waals surface area contributed by atoms with Crippen LogP contribution in [0.1, 0.15) is 25.0 Å². The fourth-order valence-electron chi connectivity index (χ4n) is 1.40. The number of amides is 1. The van der Waals surface area contributed by atoms with Gasteiger partial charge in [0.25, 0.3) is 5.91 Å². The van der Waals surface area contributed by atoms with E-state index in [4.69, 9.17) is 4.74 Å². The fourth-order valence-corrected chi connectivity index (χ4v) is 1.40. The predicted molar refractivity (Wildman–Crippen MR) is 56.1 cm³/mol. The van der Waals surface area contributed by atoms with E-state index in [0.29, 0.717) is 12.3 Å².